The zero-order valence-corrected chi connectivity index (χ0v) is 23.3. The third kappa shape index (κ3) is 6.27. The van der Waals surface area contributed by atoms with Crippen LogP contribution in [0.5, 0.6) is 0 Å². The normalized spacial score (nSPS) is 27.6. The van der Waals surface area contributed by atoms with Gasteiger partial charge in [0.05, 0.1) is 12.1 Å². The van der Waals surface area contributed by atoms with Gasteiger partial charge in [0, 0.05) is 13.1 Å². The van der Waals surface area contributed by atoms with Crippen molar-refractivity contribution in [3.63, 3.8) is 0 Å². The molecule has 3 aliphatic rings. The molecule has 3 fully saturated rings. The molecule has 208 valence electrons. The molecular weight excluding hydrogens is 468 g/mol. The quantitative estimate of drug-likeness (QED) is 0.288. The fraction of sp³-hybridized carbons (Fsp3) is 0.793. The summed E-state index contributed by atoms with van der Waals surface area (Å²) >= 11 is 0. The van der Waals surface area contributed by atoms with Crippen molar-refractivity contribution in [3.05, 3.63) is 12.7 Å². The second-order valence-corrected chi connectivity index (χ2v) is 12.5. The van der Waals surface area contributed by atoms with E-state index in [1.807, 2.05) is 6.92 Å². The number of hydrogen-bond acceptors (Lipinski definition) is 5. The molecule has 1 aliphatic heterocycles. The Morgan fingerprint density at radius 1 is 1.11 bits per heavy atom. The first-order valence-electron chi connectivity index (χ1n) is 14.3. The first-order chi connectivity index (χ1) is 17.5. The molecule has 1 heterocycles. The van der Waals surface area contributed by atoms with E-state index < -0.39 is 29.8 Å². The van der Waals surface area contributed by atoms with Crippen LogP contribution >= 0.6 is 0 Å². The summed E-state index contributed by atoms with van der Waals surface area (Å²) in [5.41, 5.74) is 6.39. The molecule has 8 heteroatoms. The van der Waals surface area contributed by atoms with Gasteiger partial charge in [0.1, 0.15) is 6.04 Å². The molecule has 4 N–H and O–H groups in total. The van der Waals surface area contributed by atoms with E-state index in [0.29, 0.717) is 19.4 Å². The van der Waals surface area contributed by atoms with Crippen molar-refractivity contribution in [3.8, 4) is 0 Å². The molecular formula is C29H48N4O4. The predicted molar refractivity (Wildman–Crippen MR) is 144 cm³/mol. The molecule has 1 unspecified atom stereocenters. The number of likely N-dealkylation sites (tertiary alicyclic amines) is 1. The van der Waals surface area contributed by atoms with Crippen LogP contribution < -0.4 is 16.4 Å². The lowest BCUT2D eigenvalue weighted by molar-refractivity contribution is -0.144. The van der Waals surface area contributed by atoms with Crippen LogP contribution in [0.25, 0.3) is 0 Å². The molecule has 0 bridgehead atoms. The molecule has 5 atom stereocenters. The smallest absolute Gasteiger partial charge is 0.289 e. The summed E-state index contributed by atoms with van der Waals surface area (Å²) in [7, 11) is 0. The van der Waals surface area contributed by atoms with Gasteiger partial charge in [0.15, 0.2) is 0 Å². The van der Waals surface area contributed by atoms with E-state index in [2.05, 4.69) is 38.0 Å². The predicted octanol–water partition coefficient (Wildman–Crippen LogP) is 3.09. The highest BCUT2D eigenvalue weighted by Gasteiger charge is 2.57. The number of hydrogen-bond donors (Lipinski definition) is 3. The minimum atomic E-state index is -0.924. The van der Waals surface area contributed by atoms with E-state index in [-0.39, 0.29) is 41.0 Å². The molecule has 0 spiro atoms. The van der Waals surface area contributed by atoms with Crippen molar-refractivity contribution in [1.29, 1.82) is 0 Å². The number of carbonyl (C=O) groups is 4. The summed E-state index contributed by atoms with van der Waals surface area (Å²) in [6, 6.07) is -2.26. The van der Waals surface area contributed by atoms with Gasteiger partial charge in [-0.05, 0) is 54.8 Å². The molecule has 0 aromatic carbocycles. The molecule has 37 heavy (non-hydrogen) atoms. The zero-order valence-electron chi connectivity index (χ0n) is 23.3. The molecule has 3 rings (SSSR count). The SMILES string of the molecule is C=CCNC(=O)C(=O)C(CCCC)NC(=O)[C@@H]1[C@H]2CCC(C)(C)[C@H]2CN1C(=O)[C@@H](N)C1(C)CCCCC1. The topological polar surface area (TPSA) is 122 Å². The summed E-state index contributed by atoms with van der Waals surface area (Å²) in [5.74, 6) is -1.68. The molecule has 2 saturated carbocycles. The Morgan fingerprint density at radius 2 is 1.78 bits per heavy atom. The number of nitrogens with two attached hydrogens (primary N) is 1. The van der Waals surface area contributed by atoms with Gasteiger partial charge in [-0.2, -0.15) is 0 Å². The lowest BCUT2D eigenvalue weighted by atomic mass is 9.70. The van der Waals surface area contributed by atoms with E-state index >= 15 is 0 Å². The third-order valence-corrected chi connectivity index (χ3v) is 9.45. The van der Waals surface area contributed by atoms with Gasteiger partial charge in [-0.3, -0.25) is 19.2 Å². The van der Waals surface area contributed by atoms with Crippen molar-refractivity contribution >= 4 is 23.5 Å². The van der Waals surface area contributed by atoms with Crippen LogP contribution in [0.2, 0.25) is 0 Å². The summed E-state index contributed by atoms with van der Waals surface area (Å²) in [4.78, 5) is 54.8. The molecule has 0 aromatic rings. The van der Waals surface area contributed by atoms with Crippen molar-refractivity contribution in [2.45, 2.75) is 110 Å². The number of fused-ring (bicyclic) bond motifs is 1. The number of ketones is 1. The van der Waals surface area contributed by atoms with E-state index in [9.17, 15) is 19.2 Å². The van der Waals surface area contributed by atoms with Gasteiger partial charge < -0.3 is 21.3 Å². The number of nitrogens with zero attached hydrogens (tertiary/aromatic N) is 1. The van der Waals surface area contributed by atoms with Crippen LogP contribution in [0.4, 0.5) is 0 Å². The Bertz CT molecular complexity index is 879. The molecule has 0 radical (unpaired) electrons. The summed E-state index contributed by atoms with van der Waals surface area (Å²) in [5, 5.41) is 5.42. The highest BCUT2D eigenvalue weighted by Crippen LogP contribution is 2.53. The average Bonchev–Trinajstić information content (AvgIpc) is 3.41. The molecule has 0 aromatic heterocycles. The summed E-state index contributed by atoms with van der Waals surface area (Å²) in [6.07, 6.45) is 10.4. The lowest BCUT2D eigenvalue weighted by Crippen LogP contribution is -2.59. The van der Waals surface area contributed by atoms with E-state index in [0.717, 1.165) is 51.4 Å². The molecule has 2 aliphatic carbocycles. The van der Waals surface area contributed by atoms with Crippen LogP contribution in [-0.4, -0.2) is 59.6 Å². The van der Waals surface area contributed by atoms with Gasteiger partial charge in [-0.25, -0.2) is 0 Å². The van der Waals surface area contributed by atoms with Crippen LogP contribution in [0, 0.1) is 22.7 Å². The standard InChI is InChI=1S/C29H48N4O4/c1-6-8-12-21(23(34)26(36)31-17-7-2)32-25(35)22-19-13-16-28(3,4)20(19)18-33(22)27(37)24(30)29(5)14-10-9-11-15-29/h7,19-22,24H,2,6,8-18,30H2,1,3-5H3,(H,31,36)(H,32,35)/t19-,20-,21?,22-,24+/m0/s1. The fourth-order valence-corrected chi connectivity index (χ4v) is 6.88. The van der Waals surface area contributed by atoms with Gasteiger partial charge in [0.25, 0.3) is 5.91 Å². The maximum absolute atomic E-state index is 13.9. The van der Waals surface area contributed by atoms with Crippen LogP contribution in [0.15, 0.2) is 12.7 Å². The Hall–Kier alpha value is -2.22. The zero-order chi connectivity index (χ0) is 27.4. The Labute approximate surface area is 222 Å². The van der Waals surface area contributed by atoms with Crippen LogP contribution in [-0.2, 0) is 19.2 Å². The van der Waals surface area contributed by atoms with Crippen molar-refractivity contribution < 1.29 is 19.2 Å². The Balaban J connectivity index is 1.84. The van der Waals surface area contributed by atoms with Crippen LogP contribution in [0.3, 0.4) is 0 Å². The largest absolute Gasteiger partial charge is 0.346 e. The van der Waals surface area contributed by atoms with Crippen molar-refractivity contribution in [2.75, 3.05) is 13.1 Å². The lowest BCUT2D eigenvalue weighted by Gasteiger charge is -2.40. The van der Waals surface area contributed by atoms with Gasteiger partial charge in [-0.15, -0.1) is 6.58 Å². The average molecular weight is 517 g/mol. The molecule has 3 amide bonds. The molecule has 8 nitrogen and oxygen atoms in total. The second-order valence-electron chi connectivity index (χ2n) is 12.5. The monoisotopic (exact) mass is 516 g/mol. The van der Waals surface area contributed by atoms with Gasteiger partial charge in [0.2, 0.25) is 17.6 Å². The van der Waals surface area contributed by atoms with Gasteiger partial charge in [-0.1, -0.05) is 65.9 Å². The number of amides is 3. The summed E-state index contributed by atoms with van der Waals surface area (Å²) in [6.45, 7) is 12.8. The number of rotatable bonds is 11. The second kappa shape index (κ2) is 12.1. The van der Waals surface area contributed by atoms with Gasteiger partial charge >= 0.3 is 0 Å². The number of Topliss-reactive ketones (excluding diaryl/α,β-unsaturated/α-hetero) is 1. The first kappa shape index (κ1) is 29.3. The molecule has 1 saturated heterocycles. The third-order valence-electron chi connectivity index (χ3n) is 9.45. The maximum atomic E-state index is 13.9. The fourth-order valence-electron chi connectivity index (χ4n) is 6.88. The van der Waals surface area contributed by atoms with E-state index in [1.54, 1.807) is 4.90 Å². The van der Waals surface area contributed by atoms with E-state index in [4.69, 9.17) is 5.73 Å². The maximum Gasteiger partial charge on any atom is 0.289 e. The Morgan fingerprint density at radius 3 is 2.41 bits per heavy atom. The highest BCUT2D eigenvalue weighted by molar-refractivity contribution is 6.38. The number of nitrogens with one attached hydrogen (secondary N) is 2. The van der Waals surface area contributed by atoms with Crippen molar-refractivity contribution in [2.24, 2.45) is 28.4 Å². The Kier molecular flexibility index (Phi) is 9.59. The van der Waals surface area contributed by atoms with E-state index in [1.165, 1.54) is 6.08 Å². The minimum Gasteiger partial charge on any atom is -0.346 e. The summed E-state index contributed by atoms with van der Waals surface area (Å²) < 4.78 is 0. The number of unbranched alkanes of at least 4 members (excludes halogenated alkanes) is 1. The first-order valence-corrected chi connectivity index (χ1v) is 14.3. The minimum absolute atomic E-state index is 0.0130. The number of carbonyl (C=O) groups excluding carboxylic acids is 4. The highest BCUT2D eigenvalue weighted by atomic mass is 16.2. The van der Waals surface area contributed by atoms with Crippen LogP contribution in [0.1, 0.15) is 91.9 Å². The van der Waals surface area contributed by atoms with Crippen molar-refractivity contribution in [1.82, 2.24) is 15.5 Å².